The predicted octanol–water partition coefficient (Wildman–Crippen LogP) is 1.88. The normalized spacial score (nSPS) is 11.3. The summed E-state index contributed by atoms with van der Waals surface area (Å²) in [7, 11) is 7.10. The van der Waals surface area contributed by atoms with E-state index in [1.54, 1.807) is 26.1 Å². The number of aryl methyl sites for hydroxylation is 2. The summed E-state index contributed by atoms with van der Waals surface area (Å²) in [6, 6.07) is 7.79. The van der Waals surface area contributed by atoms with Crippen LogP contribution in [0.15, 0.2) is 29.3 Å². The molecule has 0 saturated carbocycles. The standard InChI is InChI=1S/C22H34N6O2/c1-7-19-18(20(8-2)28(5)26-19)14-24-22(25-15-21(29)27(3)4)23-13-16-9-11-17(30-6)12-10-16/h9-12H,7-8,13-15H2,1-6H3,(H2,23,24,25). The van der Waals surface area contributed by atoms with Crippen molar-refractivity contribution >= 4 is 11.9 Å². The van der Waals surface area contributed by atoms with Gasteiger partial charge in [0.2, 0.25) is 5.91 Å². The molecule has 0 aliphatic heterocycles. The van der Waals surface area contributed by atoms with Crippen LogP contribution in [0.1, 0.15) is 36.4 Å². The molecule has 0 saturated heterocycles. The highest BCUT2D eigenvalue weighted by Gasteiger charge is 2.14. The van der Waals surface area contributed by atoms with E-state index in [9.17, 15) is 4.79 Å². The van der Waals surface area contributed by atoms with Crippen molar-refractivity contribution in [2.75, 3.05) is 27.7 Å². The molecule has 30 heavy (non-hydrogen) atoms. The average Bonchev–Trinajstić information content (AvgIpc) is 3.07. The van der Waals surface area contributed by atoms with Crippen molar-refractivity contribution < 1.29 is 9.53 Å². The number of rotatable bonds is 9. The zero-order chi connectivity index (χ0) is 22.1. The van der Waals surface area contributed by atoms with Crippen molar-refractivity contribution in [3.8, 4) is 5.75 Å². The first-order valence-corrected chi connectivity index (χ1v) is 10.3. The van der Waals surface area contributed by atoms with Crippen molar-refractivity contribution in [3.05, 3.63) is 46.8 Å². The highest BCUT2D eigenvalue weighted by molar-refractivity contribution is 5.86. The van der Waals surface area contributed by atoms with Gasteiger partial charge in [0.05, 0.1) is 25.9 Å². The maximum Gasteiger partial charge on any atom is 0.241 e. The van der Waals surface area contributed by atoms with Crippen molar-refractivity contribution in [3.63, 3.8) is 0 Å². The molecule has 2 rings (SSSR count). The highest BCUT2D eigenvalue weighted by Crippen LogP contribution is 2.15. The van der Waals surface area contributed by atoms with E-state index in [1.165, 1.54) is 11.3 Å². The van der Waals surface area contributed by atoms with E-state index in [-0.39, 0.29) is 12.5 Å². The number of nitrogens with one attached hydrogen (secondary N) is 2. The van der Waals surface area contributed by atoms with Gasteiger partial charge in [0, 0.05) is 38.9 Å². The second-order valence-corrected chi connectivity index (χ2v) is 7.21. The number of ether oxygens (including phenoxy) is 1. The Bertz CT molecular complexity index is 855. The van der Waals surface area contributed by atoms with E-state index in [0.717, 1.165) is 29.8 Å². The third-order valence-electron chi connectivity index (χ3n) is 4.95. The van der Waals surface area contributed by atoms with Crippen LogP contribution in [0.5, 0.6) is 5.75 Å². The number of methoxy groups -OCH3 is 1. The first kappa shape index (κ1) is 23.3. The molecule has 1 aromatic heterocycles. The molecule has 0 spiro atoms. The molecule has 0 fully saturated rings. The van der Waals surface area contributed by atoms with E-state index in [1.807, 2.05) is 36.0 Å². The number of nitrogens with zero attached hydrogens (tertiary/aromatic N) is 4. The minimum absolute atomic E-state index is 0.0150. The Morgan fingerprint density at radius 2 is 1.87 bits per heavy atom. The Morgan fingerprint density at radius 3 is 2.43 bits per heavy atom. The lowest BCUT2D eigenvalue weighted by Crippen LogP contribution is -2.42. The van der Waals surface area contributed by atoms with Crippen LogP contribution in [-0.4, -0.2) is 54.3 Å². The maximum absolute atomic E-state index is 12.0. The van der Waals surface area contributed by atoms with Gasteiger partial charge in [-0.3, -0.25) is 9.48 Å². The van der Waals surface area contributed by atoms with Crippen LogP contribution in [0, 0.1) is 0 Å². The Balaban J connectivity index is 2.15. The van der Waals surface area contributed by atoms with Crippen LogP contribution in [0.3, 0.4) is 0 Å². The molecule has 8 heteroatoms. The minimum atomic E-state index is -0.0150. The van der Waals surface area contributed by atoms with Gasteiger partial charge in [-0.1, -0.05) is 26.0 Å². The molecule has 164 valence electrons. The number of amides is 1. The largest absolute Gasteiger partial charge is 0.497 e. The zero-order valence-electron chi connectivity index (χ0n) is 19.0. The van der Waals surface area contributed by atoms with Gasteiger partial charge in [-0.2, -0.15) is 5.10 Å². The number of likely N-dealkylation sites (N-methyl/N-ethyl adjacent to an activating group) is 1. The number of benzene rings is 1. The molecule has 0 bridgehead atoms. The zero-order valence-corrected chi connectivity index (χ0v) is 19.0. The van der Waals surface area contributed by atoms with Gasteiger partial charge in [0.1, 0.15) is 5.75 Å². The summed E-state index contributed by atoms with van der Waals surface area (Å²) < 4.78 is 7.16. The Hall–Kier alpha value is -3.03. The number of carbonyl (C=O) groups excluding carboxylic acids is 1. The van der Waals surface area contributed by atoms with E-state index in [2.05, 4.69) is 34.6 Å². The van der Waals surface area contributed by atoms with E-state index < -0.39 is 0 Å². The van der Waals surface area contributed by atoms with Crippen LogP contribution < -0.4 is 15.4 Å². The molecular formula is C22H34N6O2. The van der Waals surface area contributed by atoms with Crippen LogP contribution in [-0.2, 0) is 37.8 Å². The van der Waals surface area contributed by atoms with E-state index >= 15 is 0 Å². The van der Waals surface area contributed by atoms with Crippen LogP contribution in [0.2, 0.25) is 0 Å². The predicted molar refractivity (Wildman–Crippen MR) is 120 cm³/mol. The van der Waals surface area contributed by atoms with Gasteiger partial charge >= 0.3 is 0 Å². The molecule has 0 unspecified atom stereocenters. The first-order valence-electron chi connectivity index (χ1n) is 10.3. The van der Waals surface area contributed by atoms with E-state index in [0.29, 0.717) is 19.0 Å². The Morgan fingerprint density at radius 1 is 1.17 bits per heavy atom. The summed E-state index contributed by atoms with van der Waals surface area (Å²) >= 11 is 0. The summed E-state index contributed by atoms with van der Waals surface area (Å²) in [4.78, 5) is 18.2. The fourth-order valence-corrected chi connectivity index (χ4v) is 3.16. The lowest BCUT2D eigenvalue weighted by Gasteiger charge is -2.15. The molecule has 0 aliphatic rings. The van der Waals surface area contributed by atoms with Gasteiger partial charge in [-0.15, -0.1) is 0 Å². The summed E-state index contributed by atoms with van der Waals surface area (Å²) in [5.74, 6) is 1.39. The molecule has 8 nitrogen and oxygen atoms in total. The minimum Gasteiger partial charge on any atom is -0.497 e. The number of guanidine groups is 1. The van der Waals surface area contributed by atoms with Crippen molar-refractivity contribution in [2.45, 2.75) is 39.8 Å². The molecular weight excluding hydrogens is 380 g/mol. The molecule has 0 atom stereocenters. The van der Waals surface area contributed by atoms with Crippen molar-refractivity contribution in [1.29, 1.82) is 0 Å². The average molecular weight is 415 g/mol. The molecule has 0 radical (unpaired) electrons. The lowest BCUT2D eigenvalue weighted by molar-refractivity contribution is -0.127. The molecule has 2 aromatic rings. The molecule has 0 aliphatic carbocycles. The van der Waals surface area contributed by atoms with Gasteiger partial charge in [-0.05, 0) is 30.5 Å². The van der Waals surface area contributed by atoms with Crippen molar-refractivity contribution in [1.82, 2.24) is 25.3 Å². The molecule has 1 aromatic carbocycles. The van der Waals surface area contributed by atoms with Gasteiger partial charge in [-0.25, -0.2) is 4.99 Å². The van der Waals surface area contributed by atoms with Crippen molar-refractivity contribution in [2.24, 2.45) is 12.0 Å². The second kappa shape index (κ2) is 11.2. The summed E-state index contributed by atoms with van der Waals surface area (Å²) in [6.07, 6.45) is 1.78. The number of hydrogen-bond donors (Lipinski definition) is 2. The third kappa shape index (κ3) is 6.23. The Kier molecular flexibility index (Phi) is 8.70. The topological polar surface area (TPSA) is 83.8 Å². The molecule has 2 N–H and O–H groups in total. The second-order valence-electron chi connectivity index (χ2n) is 7.21. The van der Waals surface area contributed by atoms with Crippen LogP contribution in [0.25, 0.3) is 0 Å². The highest BCUT2D eigenvalue weighted by atomic mass is 16.5. The quantitative estimate of drug-likeness (QED) is 0.484. The lowest BCUT2D eigenvalue weighted by atomic mass is 10.1. The monoisotopic (exact) mass is 414 g/mol. The number of carbonyl (C=O) groups is 1. The molecule has 1 amide bonds. The van der Waals surface area contributed by atoms with Gasteiger partial charge in [0.25, 0.3) is 0 Å². The summed E-state index contributed by atoms with van der Waals surface area (Å²) in [5, 5.41) is 11.1. The van der Waals surface area contributed by atoms with Crippen LogP contribution in [0.4, 0.5) is 0 Å². The number of aliphatic imine (C=N–C) groups is 1. The number of hydrogen-bond acceptors (Lipinski definition) is 4. The van der Waals surface area contributed by atoms with Gasteiger partial charge in [0.15, 0.2) is 5.96 Å². The fraction of sp³-hybridized carbons (Fsp3) is 0.500. The molecule has 1 heterocycles. The maximum atomic E-state index is 12.0. The van der Waals surface area contributed by atoms with Crippen LogP contribution >= 0.6 is 0 Å². The summed E-state index contributed by atoms with van der Waals surface area (Å²) in [5.41, 5.74) is 4.54. The summed E-state index contributed by atoms with van der Waals surface area (Å²) in [6.45, 7) is 5.51. The Labute approximate surface area is 179 Å². The third-order valence-corrected chi connectivity index (χ3v) is 4.95. The SMILES string of the molecule is CCc1nn(C)c(CC)c1CNC(=NCc1ccc(OC)cc1)NCC(=O)N(C)C. The van der Waals surface area contributed by atoms with Gasteiger partial charge < -0.3 is 20.3 Å². The first-order chi connectivity index (χ1) is 14.4. The van der Waals surface area contributed by atoms with E-state index in [4.69, 9.17) is 4.74 Å². The number of aromatic nitrogens is 2. The fourth-order valence-electron chi connectivity index (χ4n) is 3.16. The smallest absolute Gasteiger partial charge is 0.241 e.